The Labute approximate surface area is 126 Å². The maximum atomic E-state index is 4.95. The molecule has 1 aromatic heterocycles. The Hall–Kier alpha value is -0.770. The minimum Gasteiger partial charge on any atom is -0.370 e. The molecular weight excluding hydrogens is 266 g/mol. The van der Waals surface area contributed by atoms with E-state index in [0.717, 1.165) is 18.2 Å². The van der Waals surface area contributed by atoms with Crippen LogP contribution in [-0.2, 0) is 0 Å². The Bertz CT molecular complexity index is 437. The lowest BCUT2D eigenvalue weighted by molar-refractivity contribution is 0.641. The van der Waals surface area contributed by atoms with Crippen molar-refractivity contribution in [2.75, 3.05) is 17.6 Å². The molecule has 2 fully saturated rings. The summed E-state index contributed by atoms with van der Waals surface area (Å²) in [4.78, 5) is 9.72. The Morgan fingerprint density at radius 2 is 1.95 bits per heavy atom. The van der Waals surface area contributed by atoms with E-state index in [-0.39, 0.29) is 0 Å². The molecule has 1 aliphatic heterocycles. The van der Waals surface area contributed by atoms with Gasteiger partial charge in [0, 0.05) is 24.2 Å². The molecule has 1 N–H and O–H groups in total. The van der Waals surface area contributed by atoms with Gasteiger partial charge in [0.15, 0.2) is 0 Å². The van der Waals surface area contributed by atoms with E-state index in [1.807, 2.05) is 11.8 Å². The van der Waals surface area contributed by atoms with E-state index in [2.05, 4.69) is 18.3 Å². The number of aromatic nitrogens is 2. The van der Waals surface area contributed by atoms with Crippen LogP contribution in [0.5, 0.6) is 0 Å². The Morgan fingerprint density at radius 1 is 1.15 bits per heavy atom. The average molecular weight is 291 g/mol. The summed E-state index contributed by atoms with van der Waals surface area (Å²) < 4.78 is 0. The minimum atomic E-state index is 0.516. The molecule has 3 nitrogen and oxygen atoms in total. The number of hydrogen-bond acceptors (Lipinski definition) is 4. The van der Waals surface area contributed by atoms with Crippen molar-refractivity contribution in [3.05, 3.63) is 17.6 Å². The highest BCUT2D eigenvalue weighted by atomic mass is 32.2. The van der Waals surface area contributed by atoms with Gasteiger partial charge in [0.05, 0.1) is 5.25 Å². The van der Waals surface area contributed by atoms with Crippen LogP contribution in [0.4, 0.5) is 5.82 Å². The summed E-state index contributed by atoms with van der Waals surface area (Å²) in [5.41, 5.74) is 1.29. The molecule has 1 aromatic rings. The number of nitrogens with zero attached hydrogens (tertiary/aromatic N) is 2. The van der Waals surface area contributed by atoms with E-state index >= 15 is 0 Å². The summed E-state index contributed by atoms with van der Waals surface area (Å²) in [7, 11) is 0. The third-order valence-electron chi connectivity index (χ3n) is 4.36. The summed E-state index contributed by atoms with van der Waals surface area (Å²) in [5, 5.41) is 3.91. The summed E-state index contributed by atoms with van der Waals surface area (Å²) in [6.45, 7) is 3.06. The molecule has 1 atom stereocenters. The van der Waals surface area contributed by atoms with E-state index in [1.165, 1.54) is 56.4 Å². The van der Waals surface area contributed by atoms with Crippen LogP contribution >= 0.6 is 11.8 Å². The molecule has 3 rings (SSSR count). The van der Waals surface area contributed by atoms with Gasteiger partial charge in [-0.3, -0.25) is 0 Å². The first-order chi connectivity index (χ1) is 9.86. The second-order valence-electron chi connectivity index (χ2n) is 5.90. The molecule has 1 saturated carbocycles. The normalized spacial score (nSPS) is 23.9. The topological polar surface area (TPSA) is 37.8 Å². The molecule has 2 aliphatic rings. The lowest BCUT2D eigenvalue weighted by atomic mass is 10.0. The van der Waals surface area contributed by atoms with Crippen molar-refractivity contribution < 1.29 is 0 Å². The molecule has 2 heterocycles. The molecule has 4 heteroatoms. The number of nitrogens with one attached hydrogen (secondary N) is 1. The van der Waals surface area contributed by atoms with Gasteiger partial charge in [-0.1, -0.05) is 19.3 Å². The second kappa shape index (κ2) is 6.79. The van der Waals surface area contributed by atoms with E-state index in [1.54, 1.807) is 0 Å². The fourth-order valence-electron chi connectivity index (χ4n) is 3.28. The first-order valence-electron chi connectivity index (χ1n) is 8.11. The highest BCUT2D eigenvalue weighted by Gasteiger charge is 2.24. The lowest BCUT2D eigenvalue weighted by Crippen LogP contribution is -2.12. The Morgan fingerprint density at radius 3 is 2.65 bits per heavy atom. The van der Waals surface area contributed by atoms with Crippen molar-refractivity contribution in [1.29, 1.82) is 0 Å². The fourth-order valence-corrected chi connectivity index (χ4v) is 4.52. The Balaban J connectivity index is 1.86. The predicted octanol–water partition coefficient (Wildman–Crippen LogP) is 4.52. The van der Waals surface area contributed by atoms with Crippen molar-refractivity contribution in [3.63, 3.8) is 0 Å². The van der Waals surface area contributed by atoms with Gasteiger partial charge in [0.1, 0.15) is 11.6 Å². The molecule has 1 unspecified atom stereocenters. The van der Waals surface area contributed by atoms with Crippen molar-refractivity contribution in [2.45, 2.75) is 63.0 Å². The average Bonchev–Trinajstić information content (AvgIpc) is 3.02. The smallest absolute Gasteiger partial charge is 0.143 e. The first kappa shape index (κ1) is 14.2. The van der Waals surface area contributed by atoms with Gasteiger partial charge in [-0.15, -0.1) is 0 Å². The molecule has 0 aromatic carbocycles. The predicted molar refractivity (Wildman–Crippen MR) is 86.5 cm³/mol. The van der Waals surface area contributed by atoms with Crippen molar-refractivity contribution >= 4 is 17.6 Å². The molecule has 110 valence electrons. The van der Waals surface area contributed by atoms with Crippen molar-refractivity contribution in [3.8, 4) is 0 Å². The van der Waals surface area contributed by atoms with Crippen LogP contribution in [0.15, 0.2) is 6.07 Å². The zero-order valence-corrected chi connectivity index (χ0v) is 13.2. The number of anilines is 1. The maximum Gasteiger partial charge on any atom is 0.143 e. The van der Waals surface area contributed by atoms with Crippen molar-refractivity contribution in [1.82, 2.24) is 9.97 Å². The van der Waals surface area contributed by atoms with Crippen LogP contribution in [-0.4, -0.2) is 22.3 Å². The zero-order valence-electron chi connectivity index (χ0n) is 12.4. The van der Waals surface area contributed by atoms with E-state index in [4.69, 9.17) is 9.97 Å². The van der Waals surface area contributed by atoms with Crippen molar-refractivity contribution in [2.24, 2.45) is 0 Å². The van der Waals surface area contributed by atoms with Crippen LogP contribution in [0.3, 0.4) is 0 Å². The molecule has 20 heavy (non-hydrogen) atoms. The monoisotopic (exact) mass is 291 g/mol. The molecule has 1 saturated heterocycles. The summed E-state index contributed by atoms with van der Waals surface area (Å²) >= 11 is 2.04. The largest absolute Gasteiger partial charge is 0.370 e. The maximum absolute atomic E-state index is 4.95. The van der Waals surface area contributed by atoms with Gasteiger partial charge >= 0.3 is 0 Å². The van der Waals surface area contributed by atoms with Crippen LogP contribution in [0.2, 0.25) is 0 Å². The SMILES string of the molecule is CCNc1cc(C2CCCC2)nc(C2CCCCS2)n1. The highest BCUT2D eigenvalue weighted by Crippen LogP contribution is 2.39. The lowest BCUT2D eigenvalue weighted by Gasteiger charge is -2.22. The van der Waals surface area contributed by atoms with Gasteiger partial charge in [-0.2, -0.15) is 11.8 Å². The molecule has 0 spiro atoms. The van der Waals surface area contributed by atoms with E-state index in [0.29, 0.717) is 11.2 Å². The third-order valence-corrected chi connectivity index (χ3v) is 5.74. The van der Waals surface area contributed by atoms with E-state index < -0.39 is 0 Å². The fraction of sp³-hybridized carbons (Fsp3) is 0.750. The molecule has 0 amide bonds. The standard InChI is InChI=1S/C16H25N3S/c1-2-17-15-11-13(12-7-3-4-8-12)18-16(19-15)14-9-5-6-10-20-14/h11-12,14H,2-10H2,1H3,(H,17,18,19). The minimum absolute atomic E-state index is 0.516. The summed E-state index contributed by atoms with van der Waals surface area (Å²) in [6.07, 6.45) is 9.25. The van der Waals surface area contributed by atoms with Crippen LogP contribution in [0, 0.1) is 0 Å². The summed E-state index contributed by atoms with van der Waals surface area (Å²) in [5.74, 6) is 4.04. The third kappa shape index (κ3) is 3.27. The summed E-state index contributed by atoms with van der Waals surface area (Å²) in [6, 6.07) is 2.19. The number of rotatable bonds is 4. The second-order valence-corrected chi connectivity index (χ2v) is 7.21. The first-order valence-corrected chi connectivity index (χ1v) is 9.16. The van der Waals surface area contributed by atoms with Gasteiger partial charge < -0.3 is 5.32 Å². The number of hydrogen-bond donors (Lipinski definition) is 1. The van der Waals surface area contributed by atoms with Gasteiger partial charge in [-0.25, -0.2) is 9.97 Å². The van der Waals surface area contributed by atoms with Gasteiger partial charge in [0.2, 0.25) is 0 Å². The van der Waals surface area contributed by atoms with Gasteiger partial charge in [-0.05, 0) is 38.4 Å². The van der Waals surface area contributed by atoms with Crippen LogP contribution < -0.4 is 5.32 Å². The quantitative estimate of drug-likeness (QED) is 0.885. The molecule has 0 radical (unpaired) electrons. The van der Waals surface area contributed by atoms with E-state index in [9.17, 15) is 0 Å². The number of thioether (sulfide) groups is 1. The molecule has 0 bridgehead atoms. The van der Waals surface area contributed by atoms with Crippen LogP contribution in [0.25, 0.3) is 0 Å². The zero-order chi connectivity index (χ0) is 13.8. The molecular formula is C16H25N3S. The molecule has 1 aliphatic carbocycles. The van der Waals surface area contributed by atoms with Gasteiger partial charge in [0.25, 0.3) is 0 Å². The Kier molecular flexibility index (Phi) is 4.81. The van der Waals surface area contributed by atoms with Crippen LogP contribution in [0.1, 0.15) is 74.6 Å². The highest BCUT2D eigenvalue weighted by molar-refractivity contribution is 7.99.